The van der Waals surface area contributed by atoms with Crippen molar-refractivity contribution in [2.24, 2.45) is 0 Å². The number of aromatic nitrogens is 1. The van der Waals surface area contributed by atoms with Gasteiger partial charge in [0.25, 0.3) is 0 Å². The first-order valence-corrected chi connectivity index (χ1v) is 5.44. The third-order valence-electron chi connectivity index (χ3n) is 2.85. The molecule has 2 N–H and O–H groups in total. The van der Waals surface area contributed by atoms with Crippen molar-refractivity contribution in [1.82, 2.24) is 4.98 Å². The molecule has 0 aliphatic rings. The largest absolute Gasteiger partial charge is 0.497 e. The normalized spacial score (nSPS) is 10.6. The number of hydrogen-bond acceptors (Lipinski definition) is 3. The zero-order chi connectivity index (χ0) is 13.3. The second kappa shape index (κ2) is 4.52. The first-order valence-electron chi connectivity index (χ1n) is 5.44. The van der Waals surface area contributed by atoms with Gasteiger partial charge in [-0.3, -0.25) is 9.59 Å². The van der Waals surface area contributed by atoms with E-state index >= 15 is 0 Å². The molecule has 0 radical (unpaired) electrons. The molecule has 1 aromatic carbocycles. The molecular weight excluding hydrogens is 234 g/mol. The standard InChI is InChI=1S/C13H13NO4/c1-7-9(6-12(15)16)13(17)10-5-8(18-2)3-4-11(10)14-7/h3-5H,6H2,1-2H3,(H,14,17)(H,15,16). The van der Waals surface area contributed by atoms with Gasteiger partial charge in [-0.15, -0.1) is 0 Å². The monoisotopic (exact) mass is 247 g/mol. The number of nitrogens with one attached hydrogen (secondary N) is 1. The molecule has 0 unspecified atom stereocenters. The van der Waals surface area contributed by atoms with Gasteiger partial charge in [0, 0.05) is 22.2 Å². The zero-order valence-electron chi connectivity index (χ0n) is 10.1. The minimum absolute atomic E-state index is 0.262. The molecule has 0 fully saturated rings. The van der Waals surface area contributed by atoms with Gasteiger partial charge in [0.15, 0.2) is 5.43 Å². The molecule has 5 nitrogen and oxygen atoms in total. The van der Waals surface area contributed by atoms with E-state index in [9.17, 15) is 9.59 Å². The van der Waals surface area contributed by atoms with Crippen LogP contribution in [-0.2, 0) is 11.2 Å². The molecule has 0 bridgehead atoms. The maximum absolute atomic E-state index is 12.2. The Kier molecular flexibility index (Phi) is 3.06. The van der Waals surface area contributed by atoms with Gasteiger partial charge < -0.3 is 14.8 Å². The Morgan fingerprint density at radius 3 is 2.78 bits per heavy atom. The SMILES string of the molecule is COc1ccc2[nH]c(C)c(CC(=O)O)c(=O)c2c1. The number of rotatable bonds is 3. The van der Waals surface area contributed by atoms with E-state index in [0.717, 1.165) is 0 Å². The summed E-state index contributed by atoms with van der Waals surface area (Å²) in [5.41, 5.74) is 1.28. The smallest absolute Gasteiger partial charge is 0.308 e. The van der Waals surface area contributed by atoms with Crippen LogP contribution in [0.3, 0.4) is 0 Å². The number of carboxylic acid groups (broad SMARTS) is 1. The summed E-state index contributed by atoms with van der Waals surface area (Å²) < 4.78 is 5.06. The molecule has 0 saturated heterocycles. The van der Waals surface area contributed by atoms with Crippen LogP contribution in [-0.4, -0.2) is 23.2 Å². The quantitative estimate of drug-likeness (QED) is 0.860. The number of fused-ring (bicyclic) bond motifs is 1. The number of methoxy groups -OCH3 is 1. The Hall–Kier alpha value is -2.30. The van der Waals surface area contributed by atoms with Crippen LogP contribution in [0.15, 0.2) is 23.0 Å². The molecule has 0 spiro atoms. The van der Waals surface area contributed by atoms with Crippen LogP contribution in [0.4, 0.5) is 0 Å². The van der Waals surface area contributed by atoms with Crippen molar-refractivity contribution in [2.45, 2.75) is 13.3 Å². The first-order chi connectivity index (χ1) is 8.52. The number of benzene rings is 1. The van der Waals surface area contributed by atoms with E-state index in [1.165, 1.54) is 7.11 Å². The lowest BCUT2D eigenvalue weighted by Crippen LogP contribution is -2.17. The van der Waals surface area contributed by atoms with E-state index < -0.39 is 5.97 Å². The predicted molar refractivity (Wildman–Crippen MR) is 67.2 cm³/mol. The summed E-state index contributed by atoms with van der Waals surface area (Å²) in [5.74, 6) is -0.455. The van der Waals surface area contributed by atoms with Crippen LogP contribution in [0.1, 0.15) is 11.3 Å². The summed E-state index contributed by atoms with van der Waals surface area (Å²) in [7, 11) is 1.52. The van der Waals surface area contributed by atoms with E-state index in [2.05, 4.69) is 4.98 Å². The van der Waals surface area contributed by atoms with Gasteiger partial charge in [-0.25, -0.2) is 0 Å². The van der Waals surface area contributed by atoms with E-state index in [4.69, 9.17) is 9.84 Å². The van der Waals surface area contributed by atoms with Crippen molar-refractivity contribution in [3.05, 3.63) is 39.7 Å². The highest BCUT2D eigenvalue weighted by Crippen LogP contribution is 2.18. The fourth-order valence-electron chi connectivity index (χ4n) is 1.92. The lowest BCUT2D eigenvalue weighted by molar-refractivity contribution is -0.136. The topological polar surface area (TPSA) is 79.4 Å². The second-order valence-corrected chi connectivity index (χ2v) is 4.04. The Morgan fingerprint density at radius 1 is 1.44 bits per heavy atom. The molecule has 0 saturated carbocycles. The minimum Gasteiger partial charge on any atom is -0.497 e. The van der Waals surface area contributed by atoms with Gasteiger partial charge in [-0.05, 0) is 25.1 Å². The molecule has 2 aromatic rings. The molecular formula is C13H13NO4. The number of carbonyl (C=O) groups is 1. The Morgan fingerprint density at radius 2 is 2.17 bits per heavy atom. The van der Waals surface area contributed by atoms with Gasteiger partial charge in [-0.1, -0.05) is 0 Å². The van der Waals surface area contributed by atoms with E-state index in [1.807, 2.05) is 0 Å². The molecule has 2 rings (SSSR count). The molecule has 94 valence electrons. The highest BCUT2D eigenvalue weighted by atomic mass is 16.5. The van der Waals surface area contributed by atoms with E-state index in [1.54, 1.807) is 25.1 Å². The fourth-order valence-corrected chi connectivity index (χ4v) is 1.92. The summed E-state index contributed by atoms with van der Waals surface area (Å²) in [6, 6.07) is 5.10. The summed E-state index contributed by atoms with van der Waals surface area (Å²) in [5, 5.41) is 9.25. The van der Waals surface area contributed by atoms with Crippen molar-refractivity contribution in [3.8, 4) is 5.75 Å². The molecule has 5 heteroatoms. The maximum atomic E-state index is 12.2. The number of aromatic amines is 1. The molecule has 0 aliphatic heterocycles. The van der Waals surface area contributed by atoms with Gasteiger partial charge in [0.05, 0.1) is 13.5 Å². The van der Waals surface area contributed by atoms with Crippen molar-refractivity contribution in [3.63, 3.8) is 0 Å². The molecule has 1 heterocycles. The van der Waals surface area contributed by atoms with Crippen LogP contribution in [0.5, 0.6) is 5.75 Å². The fraction of sp³-hybridized carbons (Fsp3) is 0.231. The number of pyridine rings is 1. The van der Waals surface area contributed by atoms with Crippen LogP contribution in [0.25, 0.3) is 10.9 Å². The van der Waals surface area contributed by atoms with Crippen LogP contribution in [0.2, 0.25) is 0 Å². The van der Waals surface area contributed by atoms with Crippen molar-refractivity contribution in [1.29, 1.82) is 0 Å². The average molecular weight is 247 g/mol. The third-order valence-corrected chi connectivity index (χ3v) is 2.85. The van der Waals surface area contributed by atoms with Gasteiger partial charge in [0.2, 0.25) is 0 Å². The number of aliphatic carboxylic acids is 1. The maximum Gasteiger partial charge on any atom is 0.308 e. The summed E-state index contributed by atoms with van der Waals surface area (Å²) in [4.78, 5) is 26.0. The lowest BCUT2D eigenvalue weighted by Gasteiger charge is -2.07. The van der Waals surface area contributed by atoms with Crippen molar-refractivity contribution < 1.29 is 14.6 Å². The number of aryl methyl sites for hydroxylation is 1. The summed E-state index contributed by atoms with van der Waals surface area (Å²) in [6.07, 6.45) is -0.283. The van der Waals surface area contributed by atoms with Gasteiger partial charge >= 0.3 is 5.97 Å². The number of carboxylic acids is 1. The summed E-state index contributed by atoms with van der Waals surface area (Å²) >= 11 is 0. The molecule has 0 atom stereocenters. The van der Waals surface area contributed by atoms with E-state index in [0.29, 0.717) is 22.3 Å². The first kappa shape index (κ1) is 12.2. The van der Waals surface area contributed by atoms with Crippen molar-refractivity contribution >= 4 is 16.9 Å². The minimum atomic E-state index is -1.02. The Labute approximate surface area is 103 Å². The zero-order valence-corrected chi connectivity index (χ0v) is 10.1. The van der Waals surface area contributed by atoms with Crippen LogP contribution in [0, 0.1) is 6.92 Å². The van der Waals surface area contributed by atoms with Crippen LogP contribution >= 0.6 is 0 Å². The second-order valence-electron chi connectivity index (χ2n) is 4.04. The Bertz CT molecular complexity index is 672. The molecule has 1 aromatic heterocycles. The number of ether oxygens (including phenoxy) is 1. The number of H-pyrrole nitrogens is 1. The third kappa shape index (κ3) is 2.07. The van der Waals surface area contributed by atoms with Gasteiger partial charge in [0.1, 0.15) is 5.75 Å². The lowest BCUT2D eigenvalue weighted by atomic mass is 10.1. The van der Waals surface area contributed by atoms with E-state index in [-0.39, 0.29) is 17.4 Å². The molecule has 18 heavy (non-hydrogen) atoms. The van der Waals surface area contributed by atoms with Crippen molar-refractivity contribution in [2.75, 3.05) is 7.11 Å². The molecule has 0 aliphatic carbocycles. The van der Waals surface area contributed by atoms with Gasteiger partial charge in [-0.2, -0.15) is 0 Å². The number of hydrogen-bond donors (Lipinski definition) is 2. The predicted octanol–water partition coefficient (Wildman–Crippen LogP) is 1.47. The average Bonchev–Trinajstić information content (AvgIpc) is 2.34. The highest BCUT2D eigenvalue weighted by molar-refractivity contribution is 5.82. The Balaban J connectivity index is 2.73. The summed E-state index contributed by atoms with van der Waals surface area (Å²) in [6.45, 7) is 1.70. The highest BCUT2D eigenvalue weighted by Gasteiger charge is 2.12. The van der Waals surface area contributed by atoms with Crippen LogP contribution < -0.4 is 10.2 Å². The molecule has 0 amide bonds.